The fourth-order valence-electron chi connectivity index (χ4n) is 8.27. The maximum atomic E-state index is 6.60. The van der Waals surface area contributed by atoms with Gasteiger partial charge < -0.3 is 8.83 Å². The van der Waals surface area contributed by atoms with Gasteiger partial charge in [-0.15, -0.1) is 11.3 Å². The smallest absolute Gasteiger partial charge is 0.165 e. The van der Waals surface area contributed by atoms with Crippen molar-refractivity contribution in [3.63, 3.8) is 0 Å². The third-order valence-electron chi connectivity index (χ3n) is 10.9. The molecule has 0 amide bonds. The topological polar surface area (TPSA) is 65.0 Å². The van der Waals surface area contributed by atoms with Crippen molar-refractivity contribution in [2.75, 3.05) is 0 Å². The molecule has 12 aromatic rings. The number of furan rings is 2. The van der Waals surface area contributed by atoms with Crippen molar-refractivity contribution >= 4 is 75.4 Å². The first-order chi connectivity index (χ1) is 28.2. The second-order valence-corrected chi connectivity index (χ2v) is 15.4. The van der Waals surface area contributed by atoms with Crippen molar-refractivity contribution in [1.82, 2.24) is 15.0 Å². The number of benzene rings is 8. The Labute approximate surface area is 330 Å². The Balaban J connectivity index is 1.06. The molecule has 0 fully saturated rings. The van der Waals surface area contributed by atoms with Crippen LogP contribution in [0.1, 0.15) is 0 Å². The van der Waals surface area contributed by atoms with E-state index < -0.39 is 0 Å². The molecule has 4 aromatic heterocycles. The summed E-state index contributed by atoms with van der Waals surface area (Å²) in [5.74, 6) is 1.85. The van der Waals surface area contributed by atoms with Crippen LogP contribution in [0.2, 0.25) is 0 Å². The molecule has 57 heavy (non-hydrogen) atoms. The molecule has 0 unspecified atom stereocenters. The Hall–Kier alpha value is -7.41. The van der Waals surface area contributed by atoms with Crippen LogP contribution < -0.4 is 0 Å². The van der Waals surface area contributed by atoms with E-state index in [1.54, 1.807) is 11.3 Å². The minimum atomic E-state index is 0.601. The molecular formula is C51H29N3O2S. The molecule has 0 N–H and O–H groups in total. The summed E-state index contributed by atoms with van der Waals surface area (Å²) < 4.78 is 15.2. The highest BCUT2D eigenvalue weighted by atomic mass is 32.1. The van der Waals surface area contributed by atoms with Gasteiger partial charge in [-0.2, -0.15) is 0 Å². The summed E-state index contributed by atoms with van der Waals surface area (Å²) >= 11 is 1.76. The molecular weight excluding hydrogens is 719 g/mol. The molecule has 0 aliphatic carbocycles. The van der Waals surface area contributed by atoms with E-state index in [4.69, 9.17) is 23.8 Å². The first kappa shape index (κ1) is 31.9. The second kappa shape index (κ2) is 12.6. The Morgan fingerprint density at radius 2 is 0.965 bits per heavy atom. The van der Waals surface area contributed by atoms with Crippen LogP contribution in [0.5, 0.6) is 0 Å². The molecule has 0 saturated carbocycles. The van der Waals surface area contributed by atoms with Gasteiger partial charge in [-0.1, -0.05) is 127 Å². The van der Waals surface area contributed by atoms with Gasteiger partial charge in [0.25, 0.3) is 0 Å². The maximum Gasteiger partial charge on any atom is 0.165 e. The van der Waals surface area contributed by atoms with Crippen LogP contribution in [0.3, 0.4) is 0 Å². The maximum absolute atomic E-state index is 6.60. The van der Waals surface area contributed by atoms with E-state index in [0.29, 0.717) is 17.5 Å². The number of fused-ring (bicyclic) bond motifs is 9. The van der Waals surface area contributed by atoms with Crippen LogP contribution in [-0.2, 0) is 0 Å². The molecule has 4 heterocycles. The molecule has 266 valence electrons. The molecule has 0 spiro atoms. The van der Waals surface area contributed by atoms with Crippen molar-refractivity contribution in [2.45, 2.75) is 0 Å². The van der Waals surface area contributed by atoms with Crippen LogP contribution in [-0.4, -0.2) is 15.0 Å². The standard InChI is InChI=1S/C51H29N3O2S/c1-3-13-30(14-4-1)33-28-39(47-41(29-33)34-17-7-9-22-42(34)56-47)32-25-26-45-40(27-32)35-19-11-21-38(48(35)57-45)51-53-49(31-15-5-2-6-16-31)52-50(54-51)37-20-12-24-44-46(37)36-18-8-10-23-43(36)55-44/h1-29H. The average Bonchev–Trinajstić information content (AvgIpc) is 3.98. The number of thiophene rings is 1. The third kappa shape index (κ3) is 5.12. The van der Waals surface area contributed by atoms with Crippen LogP contribution >= 0.6 is 11.3 Å². The van der Waals surface area contributed by atoms with E-state index in [1.165, 1.54) is 15.6 Å². The minimum absolute atomic E-state index is 0.601. The first-order valence-electron chi connectivity index (χ1n) is 18.9. The lowest BCUT2D eigenvalue weighted by Crippen LogP contribution is -2.00. The number of hydrogen-bond acceptors (Lipinski definition) is 6. The fourth-order valence-corrected chi connectivity index (χ4v) is 9.47. The molecule has 0 bridgehead atoms. The number of para-hydroxylation sites is 2. The molecule has 12 rings (SSSR count). The Bertz CT molecular complexity index is 3530. The van der Waals surface area contributed by atoms with Gasteiger partial charge in [0.15, 0.2) is 17.5 Å². The molecule has 0 aliphatic rings. The fraction of sp³-hybridized carbons (Fsp3) is 0. The highest BCUT2D eigenvalue weighted by Gasteiger charge is 2.21. The van der Waals surface area contributed by atoms with Gasteiger partial charge in [-0.3, -0.25) is 0 Å². The van der Waals surface area contributed by atoms with Gasteiger partial charge in [-0.25, -0.2) is 15.0 Å². The van der Waals surface area contributed by atoms with Crippen molar-refractivity contribution in [1.29, 1.82) is 0 Å². The van der Waals surface area contributed by atoms with E-state index in [9.17, 15) is 0 Å². The van der Waals surface area contributed by atoms with Crippen LogP contribution in [0.4, 0.5) is 0 Å². The van der Waals surface area contributed by atoms with Gasteiger partial charge in [-0.05, 0) is 65.2 Å². The normalized spacial score (nSPS) is 11.9. The molecule has 5 nitrogen and oxygen atoms in total. The first-order valence-corrected chi connectivity index (χ1v) is 19.7. The van der Waals surface area contributed by atoms with Crippen molar-refractivity contribution in [3.05, 3.63) is 176 Å². The highest BCUT2D eigenvalue weighted by molar-refractivity contribution is 7.26. The lowest BCUT2D eigenvalue weighted by atomic mass is 9.95. The quantitative estimate of drug-likeness (QED) is 0.175. The second-order valence-electron chi connectivity index (χ2n) is 14.3. The monoisotopic (exact) mass is 747 g/mol. The van der Waals surface area contributed by atoms with Crippen molar-refractivity contribution in [3.8, 4) is 56.4 Å². The number of nitrogens with zero attached hydrogens (tertiary/aromatic N) is 3. The van der Waals surface area contributed by atoms with Gasteiger partial charge in [0.2, 0.25) is 0 Å². The summed E-state index contributed by atoms with van der Waals surface area (Å²) in [6.45, 7) is 0. The van der Waals surface area contributed by atoms with E-state index in [-0.39, 0.29) is 0 Å². The molecule has 8 aromatic carbocycles. The number of rotatable bonds is 5. The highest BCUT2D eigenvalue weighted by Crippen LogP contribution is 2.44. The number of aromatic nitrogens is 3. The zero-order valence-corrected chi connectivity index (χ0v) is 31.1. The Morgan fingerprint density at radius 1 is 0.351 bits per heavy atom. The number of hydrogen-bond donors (Lipinski definition) is 0. The molecule has 0 atom stereocenters. The summed E-state index contributed by atoms with van der Waals surface area (Å²) in [6.07, 6.45) is 0. The molecule has 6 heteroatoms. The largest absolute Gasteiger partial charge is 0.456 e. The van der Waals surface area contributed by atoms with E-state index in [1.807, 2.05) is 72.8 Å². The van der Waals surface area contributed by atoms with Gasteiger partial charge >= 0.3 is 0 Å². The van der Waals surface area contributed by atoms with Crippen molar-refractivity contribution in [2.24, 2.45) is 0 Å². The van der Waals surface area contributed by atoms with Crippen LogP contribution in [0.25, 0.3) is 120 Å². The molecule has 0 aliphatic heterocycles. The summed E-state index contributed by atoms with van der Waals surface area (Å²) in [7, 11) is 0. The SMILES string of the molecule is c1ccc(-c2cc(-c3ccc4sc5c(-c6nc(-c7ccccc7)nc(-c7cccc8oc9ccccc9c78)n6)cccc5c4c3)c3oc4ccccc4c3c2)cc1. The van der Waals surface area contributed by atoms with Crippen molar-refractivity contribution < 1.29 is 8.83 Å². The van der Waals surface area contributed by atoms with Gasteiger partial charge in [0, 0.05) is 64.0 Å². The minimum Gasteiger partial charge on any atom is -0.456 e. The van der Waals surface area contributed by atoms with E-state index in [0.717, 1.165) is 87.3 Å². The average molecular weight is 748 g/mol. The summed E-state index contributed by atoms with van der Waals surface area (Å²) in [5, 5.41) is 6.58. The van der Waals surface area contributed by atoms with E-state index >= 15 is 0 Å². The van der Waals surface area contributed by atoms with Gasteiger partial charge in [0.05, 0.1) is 0 Å². The lowest BCUT2D eigenvalue weighted by Gasteiger charge is -2.10. The predicted octanol–water partition coefficient (Wildman–Crippen LogP) is 14.4. The molecule has 0 radical (unpaired) electrons. The summed E-state index contributed by atoms with van der Waals surface area (Å²) in [4.78, 5) is 15.5. The summed E-state index contributed by atoms with van der Waals surface area (Å²) in [5.41, 5.74) is 10.7. The zero-order chi connectivity index (χ0) is 37.5. The summed E-state index contributed by atoms with van der Waals surface area (Å²) in [6, 6.07) is 60.9. The van der Waals surface area contributed by atoms with Gasteiger partial charge in [0.1, 0.15) is 22.3 Å². The van der Waals surface area contributed by atoms with Crippen LogP contribution in [0.15, 0.2) is 185 Å². The van der Waals surface area contributed by atoms with E-state index in [2.05, 4.69) is 103 Å². The molecule has 0 saturated heterocycles. The Kier molecular flexibility index (Phi) is 7.03. The van der Waals surface area contributed by atoms with Crippen LogP contribution in [0, 0.1) is 0 Å². The predicted molar refractivity (Wildman–Crippen MR) is 234 cm³/mol. The third-order valence-corrected chi connectivity index (χ3v) is 12.2. The zero-order valence-electron chi connectivity index (χ0n) is 30.3. The Morgan fingerprint density at radius 3 is 1.79 bits per heavy atom. The lowest BCUT2D eigenvalue weighted by molar-refractivity contribution is 0.669.